The highest BCUT2D eigenvalue weighted by atomic mass is 32.2. The fourth-order valence-corrected chi connectivity index (χ4v) is 6.76. The maximum Gasteiger partial charge on any atom is 0.164 e. The Hall–Kier alpha value is -2.12. The Labute approximate surface area is 176 Å². The maximum atomic E-state index is 12.2. The Morgan fingerprint density at radius 2 is 1.93 bits per heavy atom. The highest BCUT2D eigenvalue weighted by Gasteiger charge is 2.47. The van der Waals surface area contributed by atoms with Crippen molar-refractivity contribution in [2.45, 2.75) is 38.6 Å². The van der Waals surface area contributed by atoms with Crippen LogP contribution in [0.15, 0.2) is 47.5 Å². The molecule has 4 rings (SSSR count). The molecule has 0 aliphatic carbocycles. The first-order valence-electron chi connectivity index (χ1n) is 9.61. The van der Waals surface area contributed by atoms with Crippen molar-refractivity contribution >= 4 is 38.2 Å². The lowest BCUT2D eigenvalue weighted by atomic mass is 10.1. The van der Waals surface area contributed by atoms with Gasteiger partial charge in [-0.15, -0.1) is 0 Å². The van der Waals surface area contributed by atoms with Gasteiger partial charge in [0, 0.05) is 17.0 Å². The zero-order valence-corrected chi connectivity index (χ0v) is 18.4. The highest BCUT2D eigenvalue weighted by Crippen LogP contribution is 2.36. The second-order valence-corrected chi connectivity index (χ2v) is 10.9. The van der Waals surface area contributed by atoms with E-state index in [0.717, 1.165) is 16.6 Å². The van der Waals surface area contributed by atoms with E-state index < -0.39 is 9.84 Å². The predicted molar refractivity (Wildman–Crippen MR) is 120 cm³/mol. The molecule has 0 saturated carbocycles. The molecule has 2 aromatic carbocycles. The van der Waals surface area contributed by atoms with Crippen LogP contribution in [0.25, 0.3) is 0 Å². The quantitative estimate of drug-likeness (QED) is 0.694. The molecule has 7 heteroatoms. The van der Waals surface area contributed by atoms with Crippen LogP contribution in [0, 0.1) is 13.8 Å². The van der Waals surface area contributed by atoms with Crippen LogP contribution in [0.1, 0.15) is 34.0 Å². The van der Waals surface area contributed by atoms with E-state index in [1.165, 1.54) is 23.6 Å². The average Bonchev–Trinajstić information content (AvgIpc) is 3.13. The van der Waals surface area contributed by atoms with Gasteiger partial charge in [0.05, 0.1) is 23.6 Å². The van der Waals surface area contributed by atoms with E-state index in [9.17, 15) is 13.2 Å². The van der Waals surface area contributed by atoms with Crippen LogP contribution in [0.4, 0.5) is 5.69 Å². The molecule has 0 aromatic heterocycles. The standard InChI is InChI=1S/C22H24N2O3S2/c1-14-7-8-17(9-15(14)2)11-28-22-23-20-12-29(26,27)13-21(20)24(22)19-6-4-5-18(10-19)16(3)25/h4-10,20-21H,11-13H2,1-3H3/t20-,21+/m0/s1. The minimum absolute atomic E-state index is 0.0112. The molecule has 2 aliphatic rings. The third-order valence-electron chi connectivity index (χ3n) is 5.58. The third-order valence-corrected chi connectivity index (χ3v) is 8.31. The molecule has 5 nitrogen and oxygen atoms in total. The van der Waals surface area contributed by atoms with E-state index >= 15 is 0 Å². The lowest BCUT2D eigenvalue weighted by Crippen LogP contribution is -2.39. The molecule has 0 N–H and O–H groups in total. The van der Waals surface area contributed by atoms with E-state index in [4.69, 9.17) is 4.99 Å². The lowest BCUT2D eigenvalue weighted by molar-refractivity contribution is 0.101. The molecular weight excluding hydrogens is 404 g/mol. The van der Waals surface area contributed by atoms with Crippen LogP contribution in [-0.2, 0) is 15.6 Å². The van der Waals surface area contributed by atoms with Crippen LogP contribution in [-0.4, -0.2) is 43.0 Å². The number of aliphatic imine (C=N–C) groups is 1. The van der Waals surface area contributed by atoms with Crippen molar-refractivity contribution in [2.75, 3.05) is 16.4 Å². The maximum absolute atomic E-state index is 12.2. The fourth-order valence-electron chi connectivity index (χ4n) is 3.85. The van der Waals surface area contributed by atoms with Crippen molar-refractivity contribution in [3.8, 4) is 0 Å². The van der Waals surface area contributed by atoms with Crippen molar-refractivity contribution in [1.29, 1.82) is 0 Å². The number of thioether (sulfide) groups is 1. The monoisotopic (exact) mass is 428 g/mol. The topological polar surface area (TPSA) is 66.8 Å². The number of carbonyl (C=O) groups excluding carboxylic acids is 1. The molecule has 0 radical (unpaired) electrons. The molecule has 29 heavy (non-hydrogen) atoms. The average molecular weight is 429 g/mol. The normalized spacial score (nSPS) is 22.4. The number of anilines is 1. The van der Waals surface area contributed by atoms with Gasteiger partial charge in [0.1, 0.15) is 0 Å². The minimum Gasteiger partial charge on any atom is -0.315 e. The number of ketones is 1. The summed E-state index contributed by atoms with van der Waals surface area (Å²) in [5.74, 6) is 0.936. The van der Waals surface area contributed by atoms with E-state index in [2.05, 4.69) is 32.0 Å². The summed E-state index contributed by atoms with van der Waals surface area (Å²) >= 11 is 1.62. The van der Waals surface area contributed by atoms with Gasteiger partial charge in [0.15, 0.2) is 20.8 Å². The molecule has 0 amide bonds. The van der Waals surface area contributed by atoms with Gasteiger partial charge >= 0.3 is 0 Å². The molecule has 0 unspecified atom stereocenters. The van der Waals surface area contributed by atoms with Crippen molar-refractivity contribution < 1.29 is 13.2 Å². The number of benzene rings is 2. The van der Waals surface area contributed by atoms with Gasteiger partial charge in [-0.05, 0) is 49.6 Å². The third kappa shape index (κ3) is 4.12. The molecule has 2 heterocycles. The molecule has 2 aromatic rings. The summed E-state index contributed by atoms with van der Waals surface area (Å²) in [7, 11) is -3.10. The highest BCUT2D eigenvalue weighted by molar-refractivity contribution is 8.13. The van der Waals surface area contributed by atoms with E-state index in [0.29, 0.717) is 5.56 Å². The Bertz CT molecular complexity index is 1110. The molecular formula is C22H24N2O3S2. The number of carbonyl (C=O) groups is 1. The van der Waals surface area contributed by atoms with Crippen molar-refractivity contribution in [3.05, 3.63) is 64.7 Å². The molecule has 2 atom stereocenters. The number of amidine groups is 1. The lowest BCUT2D eigenvalue weighted by Gasteiger charge is -2.27. The van der Waals surface area contributed by atoms with Crippen molar-refractivity contribution in [2.24, 2.45) is 4.99 Å². The summed E-state index contributed by atoms with van der Waals surface area (Å²) in [4.78, 5) is 18.6. The van der Waals surface area contributed by atoms with Gasteiger partial charge in [0.25, 0.3) is 0 Å². The van der Waals surface area contributed by atoms with E-state index in [1.807, 2.05) is 23.1 Å². The summed E-state index contributed by atoms with van der Waals surface area (Å²) in [5, 5.41) is 0.828. The summed E-state index contributed by atoms with van der Waals surface area (Å²) in [6.45, 7) is 5.74. The number of nitrogens with zero attached hydrogens (tertiary/aromatic N) is 2. The van der Waals surface area contributed by atoms with Gasteiger partial charge in [-0.1, -0.05) is 42.1 Å². The first-order chi connectivity index (χ1) is 13.7. The summed E-state index contributed by atoms with van der Waals surface area (Å²) in [6.07, 6.45) is 0. The second-order valence-electron chi connectivity index (χ2n) is 7.81. The first-order valence-corrected chi connectivity index (χ1v) is 12.4. The minimum atomic E-state index is -3.10. The van der Waals surface area contributed by atoms with Gasteiger partial charge in [0.2, 0.25) is 0 Å². The SMILES string of the molecule is CC(=O)c1cccc(N2C(SCc3ccc(C)c(C)c3)=N[C@H]3CS(=O)(=O)C[C@H]32)c1. The largest absolute Gasteiger partial charge is 0.315 e. The van der Waals surface area contributed by atoms with Gasteiger partial charge < -0.3 is 4.90 Å². The van der Waals surface area contributed by atoms with Crippen LogP contribution in [0.2, 0.25) is 0 Å². The Morgan fingerprint density at radius 1 is 1.14 bits per heavy atom. The number of fused-ring (bicyclic) bond motifs is 1. The van der Waals surface area contributed by atoms with Crippen LogP contribution in [0.5, 0.6) is 0 Å². The summed E-state index contributed by atoms with van der Waals surface area (Å²) in [6, 6.07) is 13.4. The molecule has 0 bridgehead atoms. The molecule has 1 fully saturated rings. The number of aryl methyl sites for hydroxylation is 2. The fraction of sp³-hybridized carbons (Fsp3) is 0.364. The number of rotatable bonds is 4. The smallest absolute Gasteiger partial charge is 0.164 e. The molecule has 1 saturated heterocycles. The van der Waals surface area contributed by atoms with Gasteiger partial charge in [-0.25, -0.2) is 8.42 Å². The van der Waals surface area contributed by atoms with Gasteiger partial charge in [-0.2, -0.15) is 0 Å². The van der Waals surface area contributed by atoms with Crippen molar-refractivity contribution in [1.82, 2.24) is 0 Å². The zero-order valence-electron chi connectivity index (χ0n) is 16.8. The number of sulfone groups is 1. The predicted octanol–water partition coefficient (Wildman–Crippen LogP) is 3.78. The van der Waals surface area contributed by atoms with E-state index in [-0.39, 0.29) is 29.4 Å². The Morgan fingerprint density at radius 3 is 2.66 bits per heavy atom. The molecule has 0 spiro atoms. The number of hydrogen-bond donors (Lipinski definition) is 0. The first kappa shape index (κ1) is 20.2. The number of Topliss-reactive ketones (excluding diaryl/α,β-unsaturated/α-hetero) is 1. The number of hydrogen-bond acceptors (Lipinski definition) is 6. The van der Waals surface area contributed by atoms with Crippen LogP contribution >= 0.6 is 11.8 Å². The second kappa shape index (κ2) is 7.61. The summed E-state index contributed by atoms with van der Waals surface area (Å²) < 4.78 is 24.4. The summed E-state index contributed by atoms with van der Waals surface area (Å²) in [5.41, 5.74) is 5.17. The van der Waals surface area contributed by atoms with Crippen LogP contribution in [0.3, 0.4) is 0 Å². The van der Waals surface area contributed by atoms with Crippen molar-refractivity contribution in [3.63, 3.8) is 0 Å². The molecule has 2 aliphatic heterocycles. The Kier molecular flexibility index (Phi) is 5.29. The Balaban J connectivity index is 1.64. The van der Waals surface area contributed by atoms with E-state index in [1.54, 1.807) is 17.8 Å². The van der Waals surface area contributed by atoms with Gasteiger partial charge in [-0.3, -0.25) is 9.79 Å². The van der Waals surface area contributed by atoms with Crippen LogP contribution < -0.4 is 4.90 Å². The molecule has 152 valence electrons. The zero-order chi connectivity index (χ0) is 20.8.